The van der Waals surface area contributed by atoms with E-state index < -0.39 is 0 Å². The van der Waals surface area contributed by atoms with Gasteiger partial charge in [0.15, 0.2) is 0 Å². The van der Waals surface area contributed by atoms with E-state index in [1.54, 1.807) is 4.90 Å². The van der Waals surface area contributed by atoms with Gasteiger partial charge in [-0.1, -0.05) is 29.7 Å². The number of rotatable bonds is 5. The SMILES string of the molecule is C#Cc1ccc(-n2nc(C)c(Cc3cccc(C(=O)N4CCC[C@H]4CO)c3)c2C)cc1Cl. The Bertz CT molecular complexity index is 1210. The number of aliphatic hydroxyl groups is 1. The summed E-state index contributed by atoms with van der Waals surface area (Å²) in [5.74, 6) is 2.55. The Labute approximate surface area is 193 Å². The van der Waals surface area contributed by atoms with Crippen LogP contribution in [0.4, 0.5) is 0 Å². The Morgan fingerprint density at radius 3 is 2.81 bits per heavy atom. The number of nitrogens with zero attached hydrogens (tertiary/aromatic N) is 3. The molecule has 4 rings (SSSR count). The summed E-state index contributed by atoms with van der Waals surface area (Å²) in [4.78, 5) is 14.8. The molecular weight excluding hydrogens is 422 g/mol. The Morgan fingerprint density at radius 2 is 2.09 bits per heavy atom. The molecule has 0 radical (unpaired) electrons. The second kappa shape index (κ2) is 9.20. The molecule has 32 heavy (non-hydrogen) atoms. The van der Waals surface area contributed by atoms with E-state index >= 15 is 0 Å². The van der Waals surface area contributed by atoms with Gasteiger partial charge in [-0.3, -0.25) is 4.79 Å². The van der Waals surface area contributed by atoms with Crippen molar-refractivity contribution in [1.82, 2.24) is 14.7 Å². The standard InChI is InChI=1S/C26H26ClN3O2/c1-4-20-10-11-22(15-25(20)27)30-18(3)24(17(2)28-30)14-19-7-5-8-21(13-19)26(32)29-12-6-9-23(29)16-31/h1,5,7-8,10-11,13,15,23,31H,6,9,12,14,16H2,2-3H3/t23-/m0/s1. The summed E-state index contributed by atoms with van der Waals surface area (Å²) < 4.78 is 1.88. The summed E-state index contributed by atoms with van der Waals surface area (Å²) >= 11 is 6.29. The van der Waals surface area contributed by atoms with Gasteiger partial charge >= 0.3 is 0 Å². The van der Waals surface area contributed by atoms with Crippen LogP contribution in [0.3, 0.4) is 0 Å². The molecule has 5 nitrogen and oxygen atoms in total. The van der Waals surface area contributed by atoms with Crippen molar-refractivity contribution in [1.29, 1.82) is 0 Å². The van der Waals surface area contributed by atoms with Crippen molar-refractivity contribution in [2.75, 3.05) is 13.2 Å². The van der Waals surface area contributed by atoms with Gasteiger partial charge in [0.25, 0.3) is 5.91 Å². The third kappa shape index (κ3) is 4.17. The van der Waals surface area contributed by atoms with E-state index in [1.807, 2.05) is 61.0 Å². The number of hydrogen-bond acceptors (Lipinski definition) is 3. The molecule has 0 saturated carbocycles. The van der Waals surface area contributed by atoms with Crippen molar-refractivity contribution in [3.63, 3.8) is 0 Å². The van der Waals surface area contributed by atoms with Crippen LogP contribution in [0.1, 0.15) is 51.3 Å². The van der Waals surface area contributed by atoms with E-state index in [0.717, 1.165) is 41.0 Å². The Hall–Kier alpha value is -3.07. The summed E-state index contributed by atoms with van der Waals surface area (Å²) in [7, 11) is 0. The summed E-state index contributed by atoms with van der Waals surface area (Å²) in [5.41, 5.74) is 6.26. The molecule has 0 aliphatic carbocycles. The van der Waals surface area contributed by atoms with Crippen LogP contribution >= 0.6 is 11.6 Å². The number of benzene rings is 2. The summed E-state index contributed by atoms with van der Waals surface area (Å²) in [5, 5.41) is 14.8. The molecule has 1 aliphatic heterocycles. The fraction of sp³-hybridized carbons (Fsp3) is 0.308. The smallest absolute Gasteiger partial charge is 0.254 e. The maximum absolute atomic E-state index is 13.0. The Kier molecular flexibility index (Phi) is 6.36. The van der Waals surface area contributed by atoms with E-state index in [0.29, 0.717) is 29.1 Å². The highest BCUT2D eigenvalue weighted by molar-refractivity contribution is 6.31. The normalized spacial score (nSPS) is 15.7. The number of aliphatic hydroxyl groups excluding tert-OH is 1. The van der Waals surface area contributed by atoms with Gasteiger partial charge in [0.05, 0.1) is 29.1 Å². The monoisotopic (exact) mass is 447 g/mol. The number of likely N-dealkylation sites (tertiary alicyclic amines) is 1. The number of aryl methyl sites for hydroxylation is 1. The molecule has 2 aromatic carbocycles. The minimum Gasteiger partial charge on any atom is -0.394 e. The first kappa shape index (κ1) is 22.1. The largest absolute Gasteiger partial charge is 0.394 e. The number of terminal acetylenes is 1. The number of carbonyl (C=O) groups excluding carboxylic acids is 1. The molecule has 0 bridgehead atoms. The average Bonchev–Trinajstić information content (AvgIpc) is 3.39. The summed E-state index contributed by atoms with van der Waals surface area (Å²) in [6, 6.07) is 13.2. The maximum atomic E-state index is 13.0. The summed E-state index contributed by atoms with van der Waals surface area (Å²) in [6.07, 6.45) is 7.93. The van der Waals surface area contributed by atoms with Gasteiger partial charge in [-0.2, -0.15) is 5.10 Å². The molecule has 1 N–H and O–H groups in total. The topological polar surface area (TPSA) is 58.4 Å². The first-order valence-electron chi connectivity index (χ1n) is 10.7. The van der Waals surface area contributed by atoms with Crippen molar-refractivity contribution in [2.24, 2.45) is 0 Å². The van der Waals surface area contributed by atoms with E-state index in [-0.39, 0.29) is 18.6 Å². The number of carbonyl (C=O) groups is 1. The highest BCUT2D eigenvalue weighted by Gasteiger charge is 2.28. The lowest BCUT2D eigenvalue weighted by Gasteiger charge is -2.23. The van der Waals surface area contributed by atoms with Gasteiger partial charge in [-0.25, -0.2) is 4.68 Å². The fourth-order valence-corrected chi connectivity index (χ4v) is 4.64. The molecular formula is C26H26ClN3O2. The molecule has 0 unspecified atom stereocenters. The van der Waals surface area contributed by atoms with E-state index in [9.17, 15) is 9.90 Å². The number of hydrogen-bond donors (Lipinski definition) is 1. The van der Waals surface area contributed by atoms with E-state index in [1.165, 1.54) is 0 Å². The quantitative estimate of drug-likeness (QED) is 0.593. The van der Waals surface area contributed by atoms with Crippen molar-refractivity contribution in [3.8, 4) is 18.0 Å². The average molecular weight is 448 g/mol. The van der Waals surface area contributed by atoms with Crippen molar-refractivity contribution >= 4 is 17.5 Å². The third-order valence-corrected chi connectivity index (χ3v) is 6.51. The lowest BCUT2D eigenvalue weighted by molar-refractivity contribution is 0.0677. The molecule has 1 aromatic heterocycles. The predicted molar refractivity (Wildman–Crippen MR) is 126 cm³/mol. The molecule has 1 amide bonds. The molecule has 1 saturated heterocycles. The predicted octanol–water partition coefficient (Wildman–Crippen LogP) is 4.31. The zero-order valence-corrected chi connectivity index (χ0v) is 19.1. The van der Waals surface area contributed by atoms with Gasteiger partial charge in [-0.15, -0.1) is 6.42 Å². The lowest BCUT2D eigenvalue weighted by atomic mass is 10.0. The molecule has 0 spiro atoms. The van der Waals surface area contributed by atoms with Crippen LogP contribution in [0.15, 0.2) is 42.5 Å². The number of aromatic nitrogens is 2. The van der Waals surface area contributed by atoms with Crippen LogP contribution in [0.25, 0.3) is 5.69 Å². The van der Waals surface area contributed by atoms with E-state index in [4.69, 9.17) is 23.1 Å². The van der Waals surface area contributed by atoms with E-state index in [2.05, 4.69) is 5.92 Å². The number of amides is 1. The second-order valence-electron chi connectivity index (χ2n) is 8.22. The second-order valence-corrected chi connectivity index (χ2v) is 8.63. The van der Waals surface area contributed by atoms with Crippen LogP contribution in [-0.4, -0.2) is 44.9 Å². The van der Waals surface area contributed by atoms with Gasteiger partial charge in [-0.05, 0) is 62.6 Å². The third-order valence-electron chi connectivity index (χ3n) is 6.20. The molecule has 1 aliphatic rings. The van der Waals surface area contributed by atoms with Gasteiger partial charge < -0.3 is 10.0 Å². The zero-order chi connectivity index (χ0) is 22.8. The summed E-state index contributed by atoms with van der Waals surface area (Å²) in [6.45, 7) is 4.72. The Balaban J connectivity index is 1.60. The first-order chi connectivity index (χ1) is 15.4. The van der Waals surface area contributed by atoms with Gasteiger partial charge in [0, 0.05) is 35.3 Å². The van der Waals surface area contributed by atoms with Crippen LogP contribution in [0.5, 0.6) is 0 Å². The Morgan fingerprint density at radius 1 is 1.28 bits per heavy atom. The first-order valence-corrected chi connectivity index (χ1v) is 11.1. The van der Waals surface area contributed by atoms with Crippen LogP contribution in [0, 0.1) is 26.2 Å². The number of halogens is 1. The van der Waals surface area contributed by atoms with Gasteiger partial charge in [0.1, 0.15) is 0 Å². The minimum absolute atomic E-state index is 0.00927. The molecule has 164 valence electrons. The minimum atomic E-state index is -0.0819. The highest BCUT2D eigenvalue weighted by Crippen LogP contribution is 2.25. The van der Waals surface area contributed by atoms with Crippen LogP contribution < -0.4 is 0 Å². The molecule has 1 fully saturated rings. The maximum Gasteiger partial charge on any atom is 0.254 e. The van der Waals surface area contributed by atoms with Crippen molar-refractivity contribution < 1.29 is 9.90 Å². The molecule has 1 atom stereocenters. The van der Waals surface area contributed by atoms with Crippen LogP contribution in [-0.2, 0) is 6.42 Å². The zero-order valence-electron chi connectivity index (χ0n) is 18.3. The van der Waals surface area contributed by atoms with Crippen molar-refractivity contribution in [2.45, 2.75) is 39.2 Å². The molecule has 2 heterocycles. The van der Waals surface area contributed by atoms with Gasteiger partial charge in [0.2, 0.25) is 0 Å². The molecule has 6 heteroatoms. The van der Waals surface area contributed by atoms with Crippen molar-refractivity contribution in [3.05, 3.63) is 81.1 Å². The molecule has 3 aromatic rings. The fourth-order valence-electron chi connectivity index (χ4n) is 4.41. The lowest BCUT2D eigenvalue weighted by Crippen LogP contribution is -2.37. The van der Waals surface area contributed by atoms with Crippen LogP contribution in [0.2, 0.25) is 5.02 Å². The highest BCUT2D eigenvalue weighted by atomic mass is 35.5.